The van der Waals surface area contributed by atoms with Crippen LogP contribution in [0, 0.1) is 11.3 Å². The Morgan fingerprint density at radius 3 is 2.35 bits per heavy atom. The van der Waals surface area contributed by atoms with Crippen LogP contribution in [0.1, 0.15) is 67.7 Å². The fourth-order valence-corrected chi connectivity index (χ4v) is 3.77. The minimum atomic E-state index is -0.488. The van der Waals surface area contributed by atoms with Crippen molar-refractivity contribution in [2.75, 3.05) is 11.9 Å². The van der Waals surface area contributed by atoms with Crippen LogP contribution >= 0.6 is 15.9 Å². The zero-order chi connectivity index (χ0) is 17.9. The number of rotatable bonds is 5. The molecule has 1 N–H and O–H groups in total. The highest BCUT2D eigenvalue weighted by Crippen LogP contribution is 2.41. The minimum Gasteiger partial charge on any atom is -0.444 e. The summed E-state index contributed by atoms with van der Waals surface area (Å²) in [6.45, 7) is 15.0. The number of halogens is 1. The molecule has 1 saturated carbocycles. The lowest BCUT2D eigenvalue weighted by atomic mass is 9.71. The molecule has 0 aromatic carbocycles. The van der Waals surface area contributed by atoms with Crippen molar-refractivity contribution >= 4 is 22.0 Å². The third kappa shape index (κ3) is 7.88. The molecule has 0 aliphatic heterocycles. The molecular formula is C18H34BrNO3. The first-order chi connectivity index (χ1) is 10.3. The number of nitrogens with one attached hydrogen (secondary N) is 1. The monoisotopic (exact) mass is 391 g/mol. The van der Waals surface area contributed by atoms with E-state index in [-0.39, 0.29) is 6.10 Å². The predicted molar refractivity (Wildman–Crippen MR) is 98.1 cm³/mol. The van der Waals surface area contributed by atoms with Gasteiger partial charge in [-0.05, 0) is 58.3 Å². The molecule has 0 saturated heterocycles. The number of alkyl halides is 1. The first-order valence-corrected chi connectivity index (χ1v) is 9.67. The number of hydrogen-bond donors (Lipinski definition) is 1. The number of carbonyl (C=O) groups is 1. The van der Waals surface area contributed by atoms with E-state index in [1.807, 2.05) is 27.7 Å². The molecule has 5 heteroatoms. The highest BCUT2D eigenvalue weighted by atomic mass is 79.9. The molecule has 1 amide bonds. The Morgan fingerprint density at radius 1 is 1.26 bits per heavy atom. The van der Waals surface area contributed by atoms with Crippen LogP contribution in [0.15, 0.2) is 0 Å². The molecular weight excluding hydrogens is 358 g/mol. The van der Waals surface area contributed by atoms with Crippen molar-refractivity contribution in [2.24, 2.45) is 11.3 Å². The average Bonchev–Trinajstić information content (AvgIpc) is 2.32. The first-order valence-electron chi connectivity index (χ1n) is 8.55. The van der Waals surface area contributed by atoms with E-state index in [1.54, 1.807) is 0 Å². The summed E-state index contributed by atoms with van der Waals surface area (Å²) in [6, 6.07) is 0. The molecule has 0 spiro atoms. The van der Waals surface area contributed by atoms with Crippen LogP contribution in [0.25, 0.3) is 0 Å². The predicted octanol–water partition coefficient (Wildman–Crippen LogP) is 4.90. The van der Waals surface area contributed by atoms with Gasteiger partial charge in [0.05, 0.1) is 18.2 Å². The SMILES string of the molecule is CC1CC(OC(C)(CBr)CNC(=O)OC(C)(C)C)CC(C)(C)C1. The molecule has 0 aromatic heterocycles. The van der Waals surface area contributed by atoms with Gasteiger partial charge in [-0.15, -0.1) is 0 Å². The Hall–Kier alpha value is -0.290. The summed E-state index contributed by atoms with van der Waals surface area (Å²) in [4.78, 5) is 11.9. The molecule has 0 bridgehead atoms. The van der Waals surface area contributed by atoms with Crippen LogP contribution in [-0.4, -0.2) is 35.3 Å². The Balaban J connectivity index is 2.58. The van der Waals surface area contributed by atoms with Crippen LogP contribution in [0.4, 0.5) is 4.79 Å². The first kappa shape index (κ1) is 20.8. The van der Waals surface area contributed by atoms with Crippen molar-refractivity contribution in [3.8, 4) is 0 Å². The van der Waals surface area contributed by atoms with E-state index in [4.69, 9.17) is 9.47 Å². The summed E-state index contributed by atoms with van der Waals surface area (Å²) in [5.41, 5.74) is -0.610. The number of carbonyl (C=O) groups excluding carboxylic acids is 1. The minimum absolute atomic E-state index is 0.233. The fourth-order valence-electron chi connectivity index (χ4n) is 3.44. The third-order valence-corrected chi connectivity index (χ3v) is 5.27. The molecule has 4 nitrogen and oxygen atoms in total. The lowest BCUT2D eigenvalue weighted by molar-refractivity contribution is -0.105. The molecule has 0 heterocycles. The number of hydrogen-bond acceptors (Lipinski definition) is 3. The number of alkyl carbamates (subject to hydrolysis) is 1. The van der Waals surface area contributed by atoms with Gasteiger partial charge in [-0.2, -0.15) is 0 Å². The Morgan fingerprint density at radius 2 is 1.87 bits per heavy atom. The molecule has 0 radical (unpaired) electrons. The number of amides is 1. The van der Waals surface area contributed by atoms with Crippen LogP contribution in [0.5, 0.6) is 0 Å². The maximum Gasteiger partial charge on any atom is 0.407 e. The van der Waals surface area contributed by atoms with Gasteiger partial charge in [0.1, 0.15) is 5.60 Å². The van der Waals surface area contributed by atoms with Gasteiger partial charge in [0.25, 0.3) is 0 Å². The quantitative estimate of drug-likeness (QED) is 0.678. The van der Waals surface area contributed by atoms with Gasteiger partial charge in [-0.1, -0.05) is 36.7 Å². The van der Waals surface area contributed by atoms with Crippen molar-refractivity contribution in [1.29, 1.82) is 0 Å². The summed E-state index contributed by atoms with van der Waals surface area (Å²) in [5.74, 6) is 0.669. The zero-order valence-electron chi connectivity index (χ0n) is 15.8. The van der Waals surface area contributed by atoms with Crippen LogP contribution < -0.4 is 5.32 Å². The zero-order valence-corrected chi connectivity index (χ0v) is 17.4. The van der Waals surface area contributed by atoms with E-state index in [1.165, 1.54) is 6.42 Å². The van der Waals surface area contributed by atoms with Crippen molar-refractivity contribution < 1.29 is 14.3 Å². The normalized spacial score (nSPS) is 27.1. The van der Waals surface area contributed by atoms with Gasteiger partial charge < -0.3 is 14.8 Å². The van der Waals surface area contributed by atoms with Crippen molar-refractivity contribution in [1.82, 2.24) is 5.32 Å². The maximum absolute atomic E-state index is 11.9. The molecule has 3 atom stereocenters. The molecule has 1 fully saturated rings. The lowest BCUT2D eigenvalue weighted by Crippen LogP contribution is -2.49. The van der Waals surface area contributed by atoms with Crippen molar-refractivity contribution in [3.63, 3.8) is 0 Å². The largest absolute Gasteiger partial charge is 0.444 e. The van der Waals surface area contributed by atoms with Gasteiger partial charge in [0.15, 0.2) is 0 Å². The second-order valence-corrected chi connectivity index (χ2v) is 9.65. The topological polar surface area (TPSA) is 47.6 Å². The summed E-state index contributed by atoms with van der Waals surface area (Å²) in [5, 5.41) is 3.50. The summed E-state index contributed by atoms with van der Waals surface area (Å²) in [7, 11) is 0. The van der Waals surface area contributed by atoms with E-state index >= 15 is 0 Å². The van der Waals surface area contributed by atoms with Gasteiger partial charge in [0.2, 0.25) is 0 Å². The van der Waals surface area contributed by atoms with Crippen molar-refractivity contribution in [3.05, 3.63) is 0 Å². The van der Waals surface area contributed by atoms with Crippen LogP contribution in [-0.2, 0) is 9.47 Å². The summed E-state index contributed by atoms with van der Waals surface area (Å²) in [6.07, 6.45) is 3.22. The van der Waals surface area contributed by atoms with E-state index in [0.717, 1.165) is 12.8 Å². The van der Waals surface area contributed by atoms with E-state index in [2.05, 4.69) is 42.0 Å². The fraction of sp³-hybridized carbons (Fsp3) is 0.944. The Bertz CT molecular complexity index is 406. The highest BCUT2D eigenvalue weighted by molar-refractivity contribution is 9.09. The molecule has 0 aromatic rings. The van der Waals surface area contributed by atoms with Crippen molar-refractivity contribution in [2.45, 2.75) is 85.0 Å². The molecule has 136 valence electrons. The van der Waals surface area contributed by atoms with Crippen LogP contribution in [0.3, 0.4) is 0 Å². The van der Waals surface area contributed by atoms with E-state index < -0.39 is 17.3 Å². The molecule has 1 rings (SSSR count). The van der Waals surface area contributed by atoms with Crippen LogP contribution in [0.2, 0.25) is 0 Å². The summed E-state index contributed by atoms with van der Waals surface area (Å²) >= 11 is 3.54. The van der Waals surface area contributed by atoms with E-state index in [0.29, 0.717) is 23.2 Å². The standard InChI is InChI=1S/C18H34BrNO3/c1-13-8-14(10-17(5,6)9-13)22-18(7,11-19)12-20-15(21)23-16(2,3)4/h13-14H,8-12H2,1-7H3,(H,20,21). The van der Waals surface area contributed by atoms with E-state index in [9.17, 15) is 4.79 Å². The molecule has 3 unspecified atom stereocenters. The maximum atomic E-state index is 11.9. The molecule has 1 aliphatic rings. The summed E-state index contributed by atoms with van der Waals surface area (Å²) < 4.78 is 11.7. The lowest BCUT2D eigenvalue weighted by Gasteiger charge is -2.42. The second kappa shape index (κ2) is 7.73. The second-order valence-electron chi connectivity index (χ2n) is 9.09. The van der Waals surface area contributed by atoms with Gasteiger partial charge >= 0.3 is 6.09 Å². The third-order valence-electron chi connectivity index (χ3n) is 4.09. The van der Waals surface area contributed by atoms with Gasteiger partial charge in [-0.3, -0.25) is 0 Å². The average molecular weight is 392 g/mol. The number of ether oxygens (including phenoxy) is 2. The molecule has 1 aliphatic carbocycles. The van der Waals surface area contributed by atoms with Gasteiger partial charge in [-0.25, -0.2) is 4.79 Å². The highest BCUT2D eigenvalue weighted by Gasteiger charge is 2.37. The molecule has 23 heavy (non-hydrogen) atoms. The Labute approximate surface area is 150 Å². The Kier molecular flexibility index (Phi) is 6.97. The van der Waals surface area contributed by atoms with Gasteiger partial charge in [0, 0.05) is 5.33 Å². The smallest absolute Gasteiger partial charge is 0.407 e.